The van der Waals surface area contributed by atoms with Crippen LogP contribution in [0.3, 0.4) is 0 Å². The number of nitrogens with zero attached hydrogens (tertiary/aromatic N) is 3. The van der Waals surface area contributed by atoms with Crippen LogP contribution in [0.1, 0.15) is 17.0 Å². The summed E-state index contributed by atoms with van der Waals surface area (Å²) >= 11 is 12.1. The van der Waals surface area contributed by atoms with Crippen LogP contribution in [0.2, 0.25) is 10.0 Å². The highest BCUT2D eigenvalue weighted by atomic mass is 35.5. The molecule has 4 rings (SSSR count). The second-order valence-electron chi connectivity index (χ2n) is 6.84. The van der Waals surface area contributed by atoms with Crippen LogP contribution in [0.5, 0.6) is 0 Å². The Kier molecular flexibility index (Phi) is 5.95. The van der Waals surface area contributed by atoms with E-state index >= 15 is 0 Å². The Morgan fingerprint density at radius 3 is 1.76 bits per heavy atom. The minimum Gasteiger partial charge on any atom is -0.390 e. The maximum absolute atomic E-state index is 11.0. The molecule has 4 aromatic rings. The summed E-state index contributed by atoms with van der Waals surface area (Å²) in [6.07, 6.45) is 2.38. The summed E-state index contributed by atoms with van der Waals surface area (Å²) in [7, 11) is 0. The topological polar surface area (TPSA) is 50.9 Å². The van der Waals surface area contributed by atoms with Crippen LogP contribution in [-0.4, -0.2) is 26.0 Å². The minimum atomic E-state index is -0.681. The minimum absolute atomic E-state index is 0.226. The fourth-order valence-electron chi connectivity index (χ4n) is 3.46. The van der Waals surface area contributed by atoms with Crippen molar-refractivity contribution in [3.05, 3.63) is 107 Å². The molecular formula is C23H19Cl2N3O. The van der Waals surface area contributed by atoms with E-state index in [-0.39, 0.29) is 5.92 Å². The molecular weight excluding hydrogens is 405 g/mol. The van der Waals surface area contributed by atoms with Gasteiger partial charge in [-0.1, -0.05) is 71.7 Å². The monoisotopic (exact) mass is 423 g/mol. The van der Waals surface area contributed by atoms with Crippen molar-refractivity contribution in [1.82, 2.24) is 14.8 Å². The smallest absolute Gasteiger partial charge is 0.137 e. The first-order valence-electron chi connectivity index (χ1n) is 9.22. The summed E-state index contributed by atoms with van der Waals surface area (Å²) in [6, 6.07) is 23.5. The van der Waals surface area contributed by atoms with E-state index < -0.39 is 6.10 Å². The van der Waals surface area contributed by atoms with E-state index in [1.165, 1.54) is 6.33 Å². The largest absolute Gasteiger partial charge is 0.390 e. The number of halogens is 2. The average molecular weight is 424 g/mol. The molecule has 29 heavy (non-hydrogen) atoms. The van der Waals surface area contributed by atoms with Gasteiger partial charge in [-0.25, -0.2) is 4.98 Å². The fraction of sp³-hybridized carbons (Fsp3) is 0.130. The number of aliphatic hydroxyl groups is 1. The molecule has 0 spiro atoms. The maximum Gasteiger partial charge on any atom is 0.137 e. The zero-order chi connectivity index (χ0) is 20.2. The van der Waals surface area contributed by atoms with Crippen molar-refractivity contribution < 1.29 is 5.11 Å². The van der Waals surface area contributed by atoms with Gasteiger partial charge in [-0.05, 0) is 46.5 Å². The SMILES string of the molecule is OC(Cn1cncn1)C(c1ccc(Cl)cc1)c1ccc(-c2ccc(Cl)cc2)cc1. The van der Waals surface area contributed by atoms with Gasteiger partial charge in [-0.15, -0.1) is 0 Å². The quantitative estimate of drug-likeness (QED) is 0.448. The first kappa shape index (κ1) is 19.6. The summed E-state index contributed by atoms with van der Waals surface area (Å²) in [5.74, 6) is -0.226. The molecule has 146 valence electrons. The Labute approximate surface area is 179 Å². The third kappa shape index (κ3) is 4.67. The van der Waals surface area contributed by atoms with Crippen molar-refractivity contribution in [2.24, 2.45) is 0 Å². The third-order valence-corrected chi connectivity index (χ3v) is 5.41. The van der Waals surface area contributed by atoms with Gasteiger partial charge in [0.1, 0.15) is 12.7 Å². The predicted octanol–water partition coefficient (Wildman–Crippen LogP) is 5.44. The van der Waals surface area contributed by atoms with Gasteiger partial charge in [-0.2, -0.15) is 5.10 Å². The van der Waals surface area contributed by atoms with Crippen molar-refractivity contribution in [3.8, 4) is 11.1 Å². The van der Waals surface area contributed by atoms with Crippen LogP contribution in [0.15, 0.2) is 85.5 Å². The average Bonchev–Trinajstić information content (AvgIpc) is 3.24. The highest BCUT2D eigenvalue weighted by Crippen LogP contribution is 2.32. The molecule has 0 amide bonds. The molecule has 0 aliphatic rings. The van der Waals surface area contributed by atoms with Crippen molar-refractivity contribution >= 4 is 23.2 Å². The van der Waals surface area contributed by atoms with Gasteiger partial charge >= 0.3 is 0 Å². The first-order valence-corrected chi connectivity index (χ1v) is 9.97. The second kappa shape index (κ2) is 8.78. The Morgan fingerprint density at radius 2 is 1.24 bits per heavy atom. The Balaban J connectivity index is 1.66. The van der Waals surface area contributed by atoms with Gasteiger partial charge in [0.2, 0.25) is 0 Å². The summed E-state index contributed by atoms with van der Waals surface area (Å²) < 4.78 is 1.63. The van der Waals surface area contributed by atoms with E-state index in [9.17, 15) is 5.11 Å². The van der Waals surface area contributed by atoms with Crippen LogP contribution >= 0.6 is 23.2 Å². The van der Waals surface area contributed by atoms with Gasteiger partial charge in [0.25, 0.3) is 0 Å². The fourth-order valence-corrected chi connectivity index (χ4v) is 3.71. The van der Waals surface area contributed by atoms with Crippen molar-refractivity contribution in [3.63, 3.8) is 0 Å². The lowest BCUT2D eigenvalue weighted by molar-refractivity contribution is 0.132. The van der Waals surface area contributed by atoms with Crippen LogP contribution in [0.4, 0.5) is 0 Å². The number of rotatable bonds is 6. The zero-order valence-electron chi connectivity index (χ0n) is 15.5. The van der Waals surface area contributed by atoms with E-state index in [1.807, 2.05) is 60.7 Å². The van der Waals surface area contributed by atoms with E-state index in [0.717, 1.165) is 22.3 Å². The second-order valence-corrected chi connectivity index (χ2v) is 7.72. The lowest BCUT2D eigenvalue weighted by Gasteiger charge is -2.24. The molecule has 4 nitrogen and oxygen atoms in total. The van der Waals surface area contributed by atoms with Crippen LogP contribution < -0.4 is 0 Å². The summed E-state index contributed by atoms with van der Waals surface area (Å²) in [5, 5.41) is 16.5. The van der Waals surface area contributed by atoms with Crippen molar-refractivity contribution in [2.45, 2.75) is 18.6 Å². The van der Waals surface area contributed by atoms with Crippen LogP contribution in [0, 0.1) is 0 Å². The highest BCUT2D eigenvalue weighted by Gasteiger charge is 2.24. The zero-order valence-corrected chi connectivity index (χ0v) is 17.0. The molecule has 1 heterocycles. The number of aliphatic hydroxyl groups excluding tert-OH is 1. The third-order valence-electron chi connectivity index (χ3n) is 4.90. The first-order chi connectivity index (χ1) is 14.1. The molecule has 0 bridgehead atoms. The van der Waals surface area contributed by atoms with Gasteiger partial charge in [0.15, 0.2) is 0 Å². The molecule has 2 atom stereocenters. The number of benzene rings is 3. The number of aromatic nitrogens is 3. The van der Waals surface area contributed by atoms with Gasteiger partial charge in [0.05, 0.1) is 12.6 Å². The standard InChI is InChI=1S/C23H19Cl2N3O/c24-20-9-5-17(6-10-20)16-1-3-18(4-2-16)23(19-7-11-21(25)12-8-19)22(29)13-28-15-26-14-27-28/h1-12,14-15,22-23,29H,13H2. The maximum atomic E-state index is 11.0. The van der Waals surface area contributed by atoms with Gasteiger partial charge < -0.3 is 5.11 Å². The van der Waals surface area contributed by atoms with E-state index in [4.69, 9.17) is 23.2 Å². The molecule has 0 fully saturated rings. The van der Waals surface area contributed by atoms with Gasteiger partial charge in [0, 0.05) is 16.0 Å². The normalized spacial score (nSPS) is 13.2. The molecule has 0 saturated carbocycles. The molecule has 0 saturated heterocycles. The molecule has 0 aliphatic carbocycles. The lowest BCUT2D eigenvalue weighted by atomic mass is 9.85. The molecule has 1 aromatic heterocycles. The summed E-state index contributed by atoms with van der Waals surface area (Å²) in [6.45, 7) is 0.340. The number of hydrogen-bond acceptors (Lipinski definition) is 3. The predicted molar refractivity (Wildman–Crippen MR) is 116 cm³/mol. The summed E-state index contributed by atoms with van der Waals surface area (Å²) in [5.41, 5.74) is 4.18. The number of hydrogen-bond donors (Lipinski definition) is 1. The lowest BCUT2D eigenvalue weighted by Crippen LogP contribution is -2.25. The van der Waals surface area contributed by atoms with Crippen molar-refractivity contribution in [1.29, 1.82) is 0 Å². The van der Waals surface area contributed by atoms with E-state index in [0.29, 0.717) is 16.6 Å². The van der Waals surface area contributed by atoms with Crippen LogP contribution in [-0.2, 0) is 6.54 Å². The Hall–Kier alpha value is -2.66. The van der Waals surface area contributed by atoms with Crippen molar-refractivity contribution in [2.75, 3.05) is 0 Å². The molecule has 2 unspecified atom stereocenters. The van der Waals surface area contributed by atoms with Crippen LogP contribution in [0.25, 0.3) is 11.1 Å². The highest BCUT2D eigenvalue weighted by molar-refractivity contribution is 6.30. The molecule has 1 N–H and O–H groups in total. The summed E-state index contributed by atoms with van der Waals surface area (Å²) in [4.78, 5) is 3.96. The molecule has 0 radical (unpaired) electrons. The van der Waals surface area contributed by atoms with E-state index in [1.54, 1.807) is 11.0 Å². The molecule has 0 aliphatic heterocycles. The Morgan fingerprint density at radius 1 is 0.759 bits per heavy atom. The van der Waals surface area contributed by atoms with E-state index in [2.05, 4.69) is 22.2 Å². The Bertz CT molecular complexity index is 1050. The molecule has 3 aromatic carbocycles. The molecule has 6 heteroatoms. The van der Waals surface area contributed by atoms with Gasteiger partial charge in [-0.3, -0.25) is 4.68 Å².